The third kappa shape index (κ3) is 3.37. The predicted molar refractivity (Wildman–Crippen MR) is 98.3 cm³/mol. The molecule has 1 unspecified atom stereocenters. The van der Waals surface area contributed by atoms with Gasteiger partial charge >= 0.3 is 0 Å². The molecule has 10 heteroatoms. The summed E-state index contributed by atoms with van der Waals surface area (Å²) in [6.07, 6.45) is 2.25. The van der Waals surface area contributed by atoms with E-state index < -0.39 is 42.6 Å². The summed E-state index contributed by atoms with van der Waals surface area (Å²) in [6.45, 7) is -0.615. The van der Waals surface area contributed by atoms with E-state index in [9.17, 15) is 22.8 Å². The van der Waals surface area contributed by atoms with Crippen molar-refractivity contribution in [1.29, 1.82) is 0 Å². The van der Waals surface area contributed by atoms with Crippen LogP contribution in [0.1, 0.15) is 38.7 Å². The van der Waals surface area contributed by atoms with Crippen molar-refractivity contribution >= 4 is 23.0 Å². The van der Waals surface area contributed by atoms with Gasteiger partial charge in [0.05, 0.1) is 29.9 Å². The Balaban J connectivity index is 1.81. The van der Waals surface area contributed by atoms with Gasteiger partial charge in [0.1, 0.15) is 5.82 Å². The van der Waals surface area contributed by atoms with E-state index in [0.717, 1.165) is 12.1 Å². The molecule has 3 heterocycles. The number of pyridine rings is 1. The molecule has 1 aromatic carbocycles. The predicted octanol–water partition coefficient (Wildman–Crippen LogP) is 2.26. The summed E-state index contributed by atoms with van der Waals surface area (Å²) < 4.78 is 44.0. The van der Waals surface area contributed by atoms with Crippen molar-refractivity contribution in [3.63, 3.8) is 0 Å². The number of aromatic nitrogens is 2. The quantitative estimate of drug-likeness (QED) is 0.697. The van der Waals surface area contributed by atoms with Crippen LogP contribution in [0.4, 0.5) is 18.9 Å². The maximum absolute atomic E-state index is 14.3. The van der Waals surface area contributed by atoms with Crippen molar-refractivity contribution in [3.8, 4) is 0 Å². The van der Waals surface area contributed by atoms with E-state index in [2.05, 4.69) is 5.10 Å². The van der Waals surface area contributed by atoms with E-state index in [-0.39, 0.29) is 16.7 Å². The second-order valence-electron chi connectivity index (χ2n) is 6.98. The Hall–Kier alpha value is -3.56. The molecule has 1 atom stereocenters. The van der Waals surface area contributed by atoms with Crippen LogP contribution < -0.4 is 16.4 Å². The maximum Gasteiger partial charge on any atom is 0.267 e. The first-order valence-electron chi connectivity index (χ1n) is 8.66. The van der Waals surface area contributed by atoms with E-state index in [1.807, 2.05) is 0 Å². The number of amides is 2. The summed E-state index contributed by atoms with van der Waals surface area (Å²) in [7, 11) is 0. The molecule has 29 heavy (non-hydrogen) atoms. The number of hydrogen-bond acceptors (Lipinski definition) is 4. The average Bonchev–Trinajstić information content (AvgIpc) is 3.21. The van der Waals surface area contributed by atoms with Crippen LogP contribution in [0.25, 0.3) is 5.52 Å². The highest BCUT2D eigenvalue weighted by atomic mass is 19.3. The molecule has 0 saturated carbocycles. The summed E-state index contributed by atoms with van der Waals surface area (Å²) in [5.74, 6) is -5.33. The van der Waals surface area contributed by atoms with Crippen LogP contribution in [0.5, 0.6) is 0 Å². The van der Waals surface area contributed by atoms with Gasteiger partial charge in [0.25, 0.3) is 11.8 Å². The van der Waals surface area contributed by atoms with Crippen molar-refractivity contribution < 1.29 is 22.8 Å². The van der Waals surface area contributed by atoms with Gasteiger partial charge in [-0.3, -0.25) is 9.59 Å². The molecular weight excluding hydrogens is 387 g/mol. The topological polar surface area (TPSA) is 107 Å². The first kappa shape index (κ1) is 18.8. The van der Waals surface area contributed by atoms with Gasteiger partial charge < -0.3 is 16.4 Å². The normalized spacial score (nSPS) is 18.3. The highest BCUT2D eigenvalue weighted by Gasteiger charge is 2.46. The first-order chi connectivity index (χ1) is 13.6. The lowest BCUT2D eigenvalue weighted by atomic mass is 10.00. The van der Waals surface area contributed by atoms with Crippen molar-refractivity contribution in [1.82, 2.24) is 9.61 Å². The number of halogens is 3. The molecule has 1 fully saturated rings. The van der Waals surface area contributed by atoms with Gasteiger partial charge in [0, 0.05) is 23.9 Å². The lowest BCUT2D eigenvalue weighted by Crippen LogP contribution is -2.26. The van der Waals surface area contributed by atoms with Gasteiger partial charge in [-0.1, -0.05) is 0 Å². The zero-order chi connectivity index (χ0) is 20.9. The highest BCUT2D eigenvalue weighted by molar-refractivity contribution is 6.00. The summed E-state index contributed by atoms with van der Waals surface area (Å²) in [6, 6.07) is 5.57. The van der Waals surface area contributed by atoms with Crippen molar-refractivity contribution in [2.75, 3.05) is 11.4 Å². The lowest BCUT2D eigenvalue weighted by molar-refractivity contribution is 0.0223. The molecule has 0 spiro atoms. The number of hydrogen-bond donors (Lipinski definition) is 2. The molecule has 4 N–H and O–H groups in total. The smallest absolute Gasteiger partial charge is 0.267 e. The molecule has 2 aromatic heterocycles. The number of nitrogens with two attached hydrogens (primary N) is 2. The van der Waals surface area contributed by atoms with Gasteiger partial charge in [0.15, 0.2) is 0 Å². The van der Waals surface area contributed by atoms with Crippen LogP contribution in [-0.4, -0.2) is 33.9 Å². The summed E-state index contributed by atoms with van der Waals surface area (Å²) in [5, 5.41) is 4.00. The monoisotopic (exact) mass is 403 g/mol. The standard InChI is InChI=1S/C19H16F3N5O2/c20-12-4-10(3-11(5-12)17(23)28)16-7-19(21,22)9-26(16)13-1-2-27-15(6-13)14(8-25-27)18(24)29/h1-6,8,16H,7,9H2,(H2,23,28)(H2,24,29). The third-order valence-corrected chi connectivity index (χ3v) is 4.96. The second-order valence-corrected chi connectivity index (χ2v) is 6.98. The maximum atomic E-state index is 14.3. The number of primary amides is 2. The Kier molecular flexibility index (Phi) is 4.21. The van der Waals surface area contributed by atoms with Crippen LogP contribution in [0.2, 0.25) is 0 Å². The van der Waals surface area contributed by atoms with Crippen molar-refractivity contribution in [2.24, 2.45) is 11.5 Å². The van der Waals surface area contributed by atoms with Gasteiger partial charge in [-0.25, -0.2) is 17.7 Å². The van der Waals surface area contributed by atoms with Gasteiger partial charge in [-0.05, 0) is 35.9 Å². The SMILES string of the molecule is NC(=O)c1cc(F)cc(C2CC(F)(F)CN2c2ccn3ncc(C(N)=O)c3c2)c1. The van der Waals surface area contributed by atoms with E-state index in [0.29, 0.717) is 11.2 Å². The molecule has 1 saturated heterocycles. The molecule has 1 aliphatic rings. The lowest BCUT2D eigenvalue weighted by Gasteiger charge is -2.27. The number of carbonyl (C=O) groups is 2. The molecular formula is C19H16F3N5O2. The minimum absolute atomic E-state index is 0.0996. The number of carbonyl (C=O) groups excluding carboxylic acids is 2. The van der Waals surface area contributed by atoms with Crippen molar-refractivity contribution in [3.05, 3.63) is 65.2 Å². The first-order valence-corrected chi connectivity index (χ1v) is 8.66. The fraction of sp³-hybridized carbons (Fsp3) is 0.211. The Morgan fingerprint density at radius 2 is 1.90 bits per heavy atom. The molecule has 0 radical (unpaired) electrons. The number of alkyl halides is 2. The summed E-state index contributed by atoms with van der Waals surface area (Å²) in [5.41, 5.74) is 11.6. The Morgan fingerprint density at radius 3 is 2.59 bits per heavy atom. The van der Waals surface area contributed by atoms with Crippen LogP contribution >= 0.6 is 0 Å². The largest absolute Gasteiger partial charge is 0.366 e. The molecule has 4 rings (SSSR count). The Morgan fingerprint density at radius 1 is 1.14 bits per heavy atom. The molecule has 1 aliphatic heterocycles. The van der Waals surface area contributed by atoms with Crippen molar-refractivity contribution in [2.45, 2.75) is 18.4 Å². The fourth-order valence-electron chi connectivity index (χ4n) is 3.67. The van der Waals surface area contributed by atoms with Crippen LogP contribution in [0.3, 0.4) is 0 Å². The molecule has 0 aliphatic carbocycles. The zero-order valence-corrected chi connectivity index (χ0v) is 15.0. The summed E-state index contributed by atoms with van der Waals surface area (Å²) >= 11 is 0. The second kappa shape index (κ2) is 6.50. The molecule has 0 bridgehead atoms. The molecule has 150 valence electrons. The van der Waals surface area contributed by atoms with Gasteiger partial charge in [-0.2, -0.15) is 5.10 Å². The molecule has 3 aromatic rings. The fourth-order valence-corrected chi connectivity index (χ4v) is 3.67. The van der Waals surface area contributed by atoms with Gasteiger partial charge in [-0.15, -0.1) is 0 Å². The summed E-state index contributed by atoms with van der Waals surface area (Å²) in [4.78, 5) is 24.4. The average molecular weight is 403 g/mol. The van der Waals surface area contributed by atoms with E-state index >= 15 is 0 Å². The van der Waals surface area contributed by atoms with Gasteiger partial charge in [0.2, 0.25) is 5.91 Å². The van der Waals surface area contributed by atoms with Crippen LogP contribution in [0, 0.1) is 5.82 Å². The van der Waals surface area contributed by atoms with E-state index in [1.165, 1.54) is 33.9 Å². The number of rotatable bonds is 4. The minimum Gasteiger partial charge on any atom is -0.366 e. The van der Waals surface area contributed by atoms with Crippen LogP contribution in [-0.2, 0) is 0 Å². The minimum atomic E-state index is -3.04. The highest BCUT2D eigenvalue weighted by Crippen LogP contribution is 2.44. The Bertz CT molecular complexity index is 1140. The number of benzene rings is 1. The molecule has 2 amide bonds. The van der Waals surface area contributed by atoms with Crippen LogP contribution in [0.15, 0.2) is 42.7 Å². The number of fused-ring (bicyclic) bond motifs is 1. The van der Waals surface area contributed by atoms with E-state index in [1.54, 1.807) is 6.07 Å². The zero-order valence-electron chi connectivity index (χ0n) is 15.0. The van der Waals surface area contributed by atoms with E-state index in [4.69, 9.17) is 11.5 Å². The Labute approximate surface area is 162 Å². The molecule has 7 nitrogen and oxygen atoms in total. The number of nitrogens with zero attached hydrogens (tertiary/aromatic N) is 3. The third-order valence-electron chi connectivity index (χ3n) is 4.96. The number of anilines is 1.